The molecule has 6 rings (SSSR count). The van der Waals surface area contributed by atoms with Crippen LogP contribution in [0.3, 0.4) is 0 Å². The third kappa shape index (κ3) is 3.66. The summed E-state index contributed by atoms with van der Waals surface area (Å²) in [6, 6.07) is 7.85. The summed E-state index contributed by atoms with van der Waals surface area (Å²) in [5.74, 6) is 1.59. The van der Waals surface area contributed by atoms with Crippen LogP contribution in [0.5, 0.6) is 0 Å². The Morgan fingerprint density at radius 2 is 1.84 bits per heavy atom. The molecule has 0 spiro atoms. The van der Waals surface area contributed by atoms with Crippen LogP contribution in [0.15, 0.2) is 30.5 Å². The molecule has 3 aliphatic rings. The Balaban J connectivity index is 1.32. The lowest BCUT2D eigenvalue weighted by Gasteiger charge is -2.33. The number of aromatic nitrogens is 4. The first kappa shape index (κ1) is 19.5. The second-order valence-corrected chi connectivity index (χ2v) is 8.88. The van der Waals surface area contributed by atoms with Crippen LogP contribution in [0.25, 0.3) is 22.4 Å². The number of carbonyl (C=O) groups is 1. The van der Waals surface area contributed by atoms with Crippen molar-refractivity contribution in [1.82, 2.24) is 25.1 Å². The molecule has 3 fully saturated rings. The highest BCUT2D eigenvalue weighted by Crippen LogP contribution is 2.33. The topological polar surface area (TPSA) is 97.2 Å². The third-order valence-electron chi connectivity index (χ3n) is 6.43. The number of amides is 2. The van der Waals surface area contributed by atoms with E-state index in [0.29, 0.717) is 11.9 Å². The van der Waals surface area contributed by atoms with Crippen molar-refractivity contribution in [3.8, 4) is 11.4 Å². The van der Waals surface area contributed by atoms with Gasteiger partial charge in [-0.05, 0) is 56.9 Å². The molecule has 32 heavy (non-hydrogen) atoms. The van der Waals surface area contributed by atoms with Gasteiger partial charge in [0.05, 0.1) is 23.8 Å². The summed E-state index contributed by atoms with van der Waals surface area (Å²) < 4.78 is 7.94. The number of carbonyl (C=O) groups excluding carboxylic acids is 1. The number of morpholine rings is 1. The van der Waals surface area contributed by atoms with E-state index in [4.69, 9.17) is 14.7 Å². The Labute approximate surface area is 186 Å². The molecule has 9 nitrogen and oxygen atoms in total. The molecule has 2 saturated heterocycles. The quantitative estimate of drug-likeness (QED) is 0.642. The van der Waals surface area contributed by atoms with Gasteiger partial charge in [-0.2, -0.15) is 5.10 Å². The molecule has 2 N–H and O–H groups in total. The Bertz CT molecular complexity index is 1140. The normalized spacial score (nSPS) is 22.3. The summed E-state index contributed by atoms with van der Waals surface area (Å²) in [5.41, 5.74) is 2.50. The number of anilines is 2. The van der Waals surface area contributed by atoms with Crippen LogP contribution in [-0.2, 0) is 11.3 Å². The molecule has 1 aromatic carbocycles. The first-order valence-corrected chi connectivity index (χ1v) is 11.5. The van der Waals surface area contributed by atoms with Crippen molar-refractivity contribution in [3.05, 3.63) is 30.5 Å². The molecular formula is C23H27N7O2. The first-order valence-electron chi connectivity index (χ1n) is 11.5. The fourth-order valence-corrected chi connectivity index (χ4v) is 4.61. The van der Waals surface area contributed by atoms with Crippen LogP contribution in [0.4, 0.5) is 16.3 Å². The number of hydrogen-bond donors (Lipinski definition) is 2. The minimum absolute atomic E-state index is 0.158. The number of nitrogens with zero attached hydrogens (tertiary/aromatic N) is 5. The number of rotatable bonds is 5. The summed E-state index contributed by atoms with van der Waals surface area (Å²) in [7, 11) is 0. The van der Waals surface area contributed by atoms with Crippen LogP contribution in [0.2, 0.25) is 0 Å². The number of nitrogens with one attached hydrogen (secondary N) is 2. The number of aryl methyl sites for hydroxylation is 1. The van der Waals surface area contributed by atoms with Gasteiger partial charge < -0.3 is 20.3 Å². The fraction of sp³-hybridized carbons (Fsp3) is 0.478. The molecule has 3 aromatic rings. The smallest absolute Gasteiger partial charge is 0.319 e. The standard InChI is InChI=1S/C23H27N7O2/c1-2-30-22-19(11-24-30)21(29-12-17-9-10-18(13-29)32-17)27-20(28-22)14-3-5-15(6-4-14)25-23(31)26-16-7-8-16/h3-6,11,16-18H,2,7-10,12-13H2,1H3,(H2,25,26,31). The van der Waals surface area contributed by atoms with Crippen molar-refractivity contribution < 1.29 is 9.53 Å². The number of fused-ring (bicyclic) bond motifs is 3. The molecule has 2 amide bonds. The maximum Gasteiger partial charge on any atom is 0.319 e. The third-order valence-corrected chi connectivity index (χ3v) is 6.43. The van der Waals surface area contributed by atoms with E-state index in [1.54, 1.807) is 0 Å². The molecule has 2 atom stereocenters. The second-order valence-electron chi connectivity index (χ2n) is 8.88. The van der Waals surface area contributed by atoms with E-state index < -0.39 is 0 Å². The highest BCUT2D eigenvalue weighted by Gasteiger charge is 2.35. The number of hydrogen-bond acceptors (Lipinski definition) is 6. The van der Waals surface area contributed by atoms with E-state index in [0.717, 1.165) is 73.4 Å². The van der Waals surface area contributed by atoms with E-state index in [9.17, 15) is 4.79 Å². The van der Waals surface area contributed by atoms with Gasteiger partial charge in [0.1, 0.15) is 5.82 Å². The number of benzene rings is 1. The van der Waals surface area contributed by atoms with E-state index in [1.165, 1.54) is 0 Å². The van der Waals surface area contributed by atoms with E-state index in [-0.39, 0.29) is 18.2 Å². The highest BCUT2D eigenvalue weighted by molar-refractivity contribution is 5.91. The van der Waals surface area contributed by atoms with Gasteiger partial charge in [-0.25, -0.2) is 19.4 Å². The SMILES string of the molecule is CCn1ncc2c(N3CC4CCC(C3)O4)nc(-c3ccc(NC(=O)NC4CC4)cc3)nc21. The Morgan fingerprint density at radius 3 is 2.53 bits per heavy atom. The van der Waals surface area contributed by atoms with Gasteiger partial charge >= 0.3 is 6.03 Å². The molecule has 166 valence electrons. The minimum atomic E-state index is -0.158. The summed E-state index contributed by atoms with van der Waals surface area (Å²) in [4.78, 5) is 24.2. The molecule has 4 heterocycles. The van der Waals surface area contributed by atoms with Gasteiger partial charge in [-0.1, -0.05) is 0 Å². The molecule has 9 heteroatoms. The monoisotopic (exact) mass is 433 g/mol. The van der Waals surface area contributed by atoms with Crippen molar-refractivity contribution in [2.24, 2.45) is 0 Å². The van der Waals surface area contributed by atoms with Gasteiger partial charge in [0.25, 0.3) is 0 Å². The lowest BCUT2D eigenvalue weighted by Crippen LogP contribution is -2.43. The molecule has 2 unspecified atom stereocenters. The second kappa shape index (κ2) is 7.74. The summed E-state index contributed by atoms with van der Waals surface area (Å²) in [6.07, 6.45) is 6.77. The minimum Gasteiger partial charge on any atom is -0.371 e. The molecule has 0 radical (unpaired) electrons. The Morgan fingerprint density at radius 1 is 1.09 bits per heavy atom. The zero-order chi connectivity index (χ0) is 21.7. The van der Waals surface area contributed by atoms with E-state index >= 15 is 0 Å². The lowest BCUT2D eigenvalue weighted by molar-refractivity contribution is 0.0303. The largest absolute Gasteiger partial charge is 0.371 e. The lowest BCUT2D eigenvalue weighted by atomic mass is 10.2. The molecule has 2 aromatic heterocycles. The van der Waals surface area contributed by atoms with Crippen LogP contribution in [0, 0.1) is 0 Å². The van der Waals surface area contributed by atoms with Crippen molar-refractivity contribution in [2.45, 2.75) is 57.4 Å². The van der Waals surface area contributed by atoms with Gasteiger partial charge in [-0.3, -0.25) is 0 Å². The van der Waals surface area contributed by atoms with E-state index in [2.05, 4.69) is 27.6 Å². The Kier molecular flexibility index (Phi) is 4.71. The van der Waals surface area contributed by atoms with E-state index in [1.807, 2.05) is 35.1 Å². The van der Waals surface area contributed by atoms with Gasteiger partial charge in [0.15, 0.2) is 11.5 Å². The van der Waals surface area contributed by atoms with Crippen molar-refractivity contribution in [2.75, 3.05) is 23.3 Å². The fourth-order valence-electron chi connectivity index (χ4n) is 4.61. The molecule has 1 saturated carbocycles. The summed E-state index contributed by atoms with van der Waals surface area (Å²) in [6.45, 7) is 4.50. The van der Waals surface area contributed by atoms with Crippen LogP contribution in [0.1, 0.15) is 32.6 Å². The van der Waals surface area contributed by atoms with Gasteiger partial charge in [0, 0.05) is 36.9 Å². The van der Waals surface area contributed by atoms with Crippen molar-refractivity contribution in [1.29, 1.82) is 0 Å². The predicted molar refractivity (Wildman–Crippen MR) is 122 cm³/mol. The van der Waals surface area contributed by atoms with Crippen LogP contribution < -0.4 is 15.5 Å². The predicted octanol–water partition coefficient (Wildman–Crippen LogP) is 3.16. The zero-order valence-corrected chi connectivity index (χ0v) is 18.1. The summed E-state index contributed by atoms with van der Waals surface area (Å²) in [5, 5.41) is 11.3. The molecular weight excluding hydrogens is 406 g/mol. The number of urea groups is 1. The van der Waals surface area contributed by atoms with Crippen LogP contribution in [-0.4, -0.2) is 57.1 Å². The molecule has 1 aliphatic carbocycles. The summed E-state index contributed by atoms with van der Waals surface area (Å²) >= 11 is 0. The Hall–Kier alpha value is -3.20. The number of ether oxygens (including phenoxy) is 1. The maximum atomic E-state index is 12.0. The van der Waals surface area contributed by atoms with Crippen molar-refractivity contribution >= 4 is 28.6 Å². The maximum absolute atomic E-state index is 12.0. The molecule has 2 bridgehead atoms. The zero-order valence-electron chi connectivity index (χ0n) is 18.1. The van der Waals surface area contributed by atoms with Gasteiger partial charge in [-0.15, -0.1) is 0 Å². The highest BCUT2D eigenvalue weighted by atomic mass is 16.5. The first-order chi connectivity index (χ1) is 15.7. The van der Waals surface area contributed by atoms with Gasteiger partial charge in [0.2, 0.25) is 0 Å². The average Bonchev–Trinajstić information content (AvgIpc) is 3.41. The molecule has 2 aliphatic heterocycles. The van der Waals surface area contributed by atoms with Crippen molar-refractivity contribution in [3.63, 3.8) is 0 Å². The van der Waals surface area contributed by atoms with Crippen LogP contribution >= 0.6 is 0 Å². The average molecular weight is 434 g/mol.